The number of carbonyl (C=O) groups excluding carboxylic acids is 3. The van der Waals surface area contributed by atoms with E-state index in [0.29, 0.717) is 38.0 Å². The van der Waals surface area contributed by atoms with Crippen LogP contribution in [0.15, 0.2) is 79.9 Å². The molecule has 0 aliphatic carbocycles. The first-order valence-electron chi connectivity index (χ1n) is 16.6. The molecule has 2 aromatic carbocycles. The second kappa shape index (κ2) is 14.2. The largest absolute Gasteiger partial charge is 0.394 e. The van der Waals surface area contributed by atoms with E-state index in [4.69, 9.17) is 4.74 Å². The number of nitrogens with zero attached hydrogens (tertiary/aromatic N) is 4. The van der Waals surface area contributed by atoms with Gasteiger partial charge in [0.1, 0.15) is 11.6 Å². The Morgan fingerprint density at radius 2 is 1.65 bits per heavy atom. The molecule has 1 N–H and O–H groups in total. The van der Waals surface area contributed by atoms with Gasteiger partial charge in [0.05, 0.1) is 30.6 Å². The number of aliphatic hydroxyl groups is 1. The minimum Gasteiger partial charge on any atom is -0.394 e. The van der Waals surface area contributed by atoms with Crippen molar-refractivity contribution in [3.63, 3.8) is 0 Å². The zero-order valence-electron chi connectivity index (χ0n) is 27.4. The van der Waals surface area contributed by atoms with Crippen LogP contribution in [-0.4, -0.2) is 89.2 Å². The van der Waals surface area contributed by atoms with Crippen LogP contribution in [0.25, 0.3) is 0 Å². The second-order valence-corrected chi connectivity index (χ2v) is 12.5. The molecule has 0 saturated carbocycles. The maximum Gasteiger partial charge on any atom is 0.253 e. The lowest BCUT2D eigenvalue weighted by Crippen LogP contribution is -2.59. The summed E-state index contributed by atoms with van der Waals surface area (Å²) in [6.07, 6.45) is 4.39. The van der Waals surface area contributed by atoms with Gasteiger partial charge in [-0.15, -0.1) is 13.2 Å². The Hall–Kier alpha value is -3.95. The number of amides is 3. The molecule has 0 radical (unpaired) electrons. The van der Waals surface area contributed by atoms with Crippen molar-refractivity contribution in [2.75, 3.05) is 42.6 Å². The van der Waals surface area contributed by atoms with Gasteiger partial charge in [-0.05, 0) is 62.9 Å². The van der Waals surface area contributed by atoms with E-state index in [9.17, 15) is 19.5 Å². The highest BCUT2D eigenvalue weighted by Gasteiger charge is 2.75. The number of hydrogen-bond donors (Lipinski definition) is 1. The smallest absolute Gasteiger partial charge is 0.253 e. The van der Waals surface area contributed by atoms with Crippen molar-refractivity contribution in [3.8, 4) is 0 Å². The van der Waals surface area contributed by atoms with Crippen molar-refractivity contribution in [1.29, 1.82) is 0 Å². The van der Waals surface area contributed by atoms with Crippen LogP contribution >= 0.6 is 0 Å². The third kappa shape index (κ3) is 5.75. The van der Waals surface area contributed by atoms with Crippen molar-refractivity contribution in [2.24, 2.45) is 11.8 Å². The summed E-state index contributed by atoms with van der Waals surface area (Å²) in [5.74, 6) is -2.32. The van der Waals surface area contributed by atoms with E-state index in [1.807, 2.05) is 61.5 Å². The molecular weight excluding hydrogens is 580 g/mol. The van der Waals surface area contributed by atoms with Gasteiger partial charge in [0, 0.05) is 44.1 Å². The van der Waals surface area contributed by atoms with Crippen LogP contribution in [0.5, 0.6) is 0 Å². The lowest BCUT2D eigenvalue weighted by Gasteiger charge is -2.39. The molecule has 2 aromatic rings. The molecule has 3 amide bonds. The summed E-state index contributed by atoms with van der Waals surface area (Å²) >= 11 is 0. The molecule has 3 aliphatic rings. The third-order valence-corrected chi connectivity index (χ3v) is 10.1. The quantitative estimate of drug-likeness (QED) is 0.294. The summed E-state index contributed by atoms with van der Waals surface area (Å²) in [6, 6.07) is 16.0. The molecular formula is C37H48N4O5. The fraction of sp³-hybridized carbons (Fsp3) is 0.486. The highest BCUT2D eigenvalue weighted by Crippen LogP contribution is 2.59. The van der Waals surface area contributed by atoms with Gasteiger partial charge < -0.3 is 29.4 Å². The number of carbonyl (C=O) groups is 3. The Kier molecular flexibility index (Phi) is 10.3. The van der Waals surface area contributed by atoms with Crippen LogP contribution in [0.1, 0.15) is 45.6 Å². The molecule has 5 rings (SSSR count). The molecule has 246 valence electrons. The number of benzene rings is 2. The van der Waals surface area contributed by atoms with E-state index in [2.05, 4.69) is 31.9 Å². The number of fused-ring (bicyclic) bond motifs is 1. The van der Waals surface area contributed by atoms with Gasteiger partial charge in [-0.3, -0.25) is 14.4 Å². The van der Waals surface area contributed by atoms with Crippen LogP contribution in [-0.2, 0) is 25.7 Å². The molecule has 9 nitrogen and oxygen atoms in total. The fourth-order valence-corrected chi connectivity index (χ4v) is 7.89. The summed E-state index contributed by atoms with van der Waals surface area (Å²) < 4.78 is 6.72. The van der Waals surface area contributed by atoms with Gasteiger partial charge in [-0.25, -0.2) is 0 Å². The van der Waals surface area contributed by atoms with Gasteiger partial charge in [-0.1, -0.05) is 49.4 Å². The average Bonchev–Trinajstić information content (AvgIpc) is 3.72. The van der Waals surface area contributed by atoms with Crippen LogP contribution in [0.2, 0.25) is 0 Å². The Bertz CT molecular complexity index is 1410. The first kappa shape index (κ1) is 33.4. The molecule has 6 atom stereocenters. The van der Waals surface area contributed by atoms with E-state index in [1.54, 1.807) is 26.9 Å². The van der Waals surface area contributed by atoms with E-state index in [1.165, 1.54) is 0 Å². The van der Waals surface area contributed by atoms with E-state index >= 15 is 0 Å². The molecule has 2 bridgehead atoms. The van der Waals surface area contributed by atoms with Crippen LogP contribution < -0.4 is 9.80 Å². The third-order valence-electron chi connectivity index (χ3n) is 10.1. The Morgan fingerprint density at radius 1 is 1.00 bits per heavy atom. The summed E-state index contributed by atoms with van der Waals surface area (Å²) in [6.45, 7) is 16.2. The van der Waals surface area contributed by atoms with Gasteiger partial charge in [0.2, 0.25) is 11.8 Å². The summed E-state index contributed by atoms with van der Waals surface area (Å²) in [4.78, 5) is 50.9. The van der Waals surface area contributed by atoms with Gasteiger partial charge in [-0.2, -0.15) is 0 Å². The molecule has 46 heavy (non-hydrogen) atoms. The molecule has 3 heterocycles. The standard InChI is InChI=1S/C37H48N4O5/c1-6-22-39(24-26-14-12-11-13-15-26)34(43)31-30-20-21-37(46-30)32(31)35(44)41(27(8-3)25-42)33(37)36(45)40(23-7-2)29-18-16-28(17-19-29)38(9-4)10-5/h6-7,11-19,27,30-33,42H,1-2,8-10,20-25H2,3-5H3/t27-,30+,31-,32-,33?,37?/m0/s1. The lowest BCUT2D eigenvalue weighted by molar-refractivity contribution is -0.147. The number of likely N-dealkylation sites (tertiary alicyclic amines) is 1. The Balaban J connectivity index is 1.53. The number of hydrogen-bond acceptors (Lipinski definition) is 6. The molecule has 1 spiro atoms. The molecule has 3 fully saturated rings. The SMILES string of the molecule is C=CCN(Cc1ccccc1)C(=O)[C@@H]1[C@H]2C(=O)N([C@@H](CC)CO)C(C(=O)N(CC=C)c3ccc(N(CC)CC)cc3)C23CC[C@H]1O3. The fourth-order valence-electron chi connectivity index (χ4n) is 7.89. The van der Waals surface area contributed by atoms with Crippen LogP contribution in [0.3, 0.4) is 0 Å². The highest BCUT2D eigenvalue weighted by molar-refractivity contribution is 6.05. The van der Waals surface area contributed by atoms with Gasteiger partial charge in [0.25, 0.3) is 5.91 Å². The Morgan fingerprint density at radius 3 is 2.24 bits per heavy atom. The summed E-state index contributed by atoms with van der Waals surface area (Å²) in [7, 11) is 0. The zero-order valence-corrected chi connectivity index (χ0v) is 27.4. The van der Waals surface area contributed by atoms with Gasteiger partial charge >= 0.3 is 0 Å². The van der Waals surface area contributed by atoms with E-state index < -0.39 is 35.6 Å². The first-order chi connectivity index (χ1) is 22.3. The van der Waals surface area contributed by atoms with Crippen molar-refractivity contribution < 1.29 is 24.2 Å². The Labute approximate surface area is 273 Å². The van der Waals surface area contributed by atoms with Gasteiger partial charge in [0.15, 0.2) is 0 Å². The topological polar surface area (TPSA) is 93.6 Å². The lowest BCUT2D eigenvalue weighted by atomic mass is 9.70. The van der Waals surface area contributed by atoms with E-state index in [-0.39, 0.29) is 30.9 Å². The predicted octanol–water partition coefficient (Wildman–Crippen LogP) is 4.41. The zero-order chi connectivity index (χ0) is 33.0. The minimum absolute atomic E-state index is 0.172. The minimum atomic E-state index is -1.17. The monoisotopic (exact) mass is 628 g/mol. The predicted molar refractivity (Wildman–Crippen MR) is 180 cm³/mol. The maximum atomic E-state index is 14.8. The van der Waals surface area contributed by atoms with Crippen molar-refractivity contribution in [1.82, 2.24) is 9.80 Å². The average molecular weight is 629 g/mol. The second-order valence-electron chi connectivity index (χ2n) is 12.5. The van der Waals surface area contributed by atoms with Crippen LogP contribution in [0.4, 0.5) is 11.4 Å². The van der Waals surface area contributed by atoms with E-state index in [0.717, 1.165) is 24.3 Å². The molecule has 3 aliphatic heterocycles. The molecule has 0 aromatic heterocycles. The van der Waals surface area contributed by atoms with Crippen LogP contribution in [0, 0.1) is 11.8 Å². The summed E-state index contributed by atoms with van der Waals surface area (Å²) in [5.41, 5.74) is 1.54. The van der Waals surface area contributed by atoms with Crippen molar-refractivity contribution >= 4 is 29.1 Å². The normalized spacial score (nSPS) is 25.2. The number of aliphatic hydroxyl groups excluding tert-OH is 1. The molecule has 2 unspecified atom stereocenters. The maximum absolute atomic E-state index is 14.8. The van der Waals surface area contributed by atoms with Crippen molar-refractivity contribution in [3.05, 3.63) is 85.5 Å². The first-order valence-corrected chi connectivity index (χ1v) is 16.6. The molecule has 9 heteroatoms. The number of rotatable bonds is 15. The number of anilines is 2. The highest BCUT2D eigenvalue weighted by atomic mass is 16.5. The number of ether oxygens (including phenoxy) is 1. The molecule has 3 saturated heterocycles. The van der Waals surface area contributed by atoms with Crippen molar-refractivity contribution in [2.45, 2.75) is 70.4 Å². The summed E-state index contributed by atoms with van der Waals surface area (Å²) in [5, 5.41) is 10.5.